The minimum Gasteiger partial charge on any atom is -0.310 e. The standard InChI is InChI=1S/C26H21Cl2N5O2/c1-31-25(35)33(20-11-22(27)30-23(28)12-20)24(34)26(31)16-32(14-18-5-3-2-4-6-18)15-21(26)19-9-7-17(13-29)8-10-19/h2-12,21H,14-16H2,1H3/t21-,26+/m0/s1. The Bertz CT molecular complexity index is 1320. The molecule has 0 N–H and O–H groups in total. The summed E-state index contributed by atoms with van der Waals surface area (Å²) < 4.78 is 0. The van der Waals surface area contributed by atoms with Crippen molar-refractivity contribution in [2.45, 2.75) is 18.0 Å². The topological polar surface area (TPSA) is 80.5 Å². The molecule has 5 rings (SSSR count). The van der Waals surface area contributed by atoms with Crippen LogP contribution in [0.3, 0.4) is 0 Å². The van der Waals surface area contributed by atoms with Gasteiger partial charge in [0.25, 0.3) is 5.91 Å². The summed E-state index contributed by atoms with van der Waals surface area (Å²) in [6.07, 6.45) is 0. The Morgan fingerprint density at radius 1 is 1.06 bits per heavy atom. The van der Waals surface area contributed by atoms with Crippen molar-refractivity contribution in [3.05, 3.63) is 93.7 Å². The molecule has 0 bridgehead atoms. The van der Waals surface area contributed by atoms with Gasteiger partial charge in [-0.05, 0) is 35.4 Å². The van der Waals surface area contributed by atoms with E-state index in [2.05, 4.69) is 16.0 Å². The number of imide groups is 1. The number of aromatic nitrogens is 1. The van der Waals surface area contributed by atoms with Gasteiger partial charge in [-0.15, -0.1) is 0 Å². The number of rotatable bonds is 4. The maximum atomic E-state index is 14.2. The first-order chi connectivity index (χ1) is 16.8. The number of likely N-dealkylation sites (tertiary alicyclic amines) is 1. The number of amides is 3. The monoisotopic (exact) mass is 505 g/mol. The molecule has 9 heteroatoms. The number of hydrogen-bond acceptors (Lipinski definition) is 5. The lowest BCUT2D eigenvalue weighted by Gasteiger charge is -2.34. The molecule has 3 amide bonds. The summed E-state index contributed by atoms with van der Waals surface area (Å²) in [6, 6.07) is 21.8. The highest BCUT2D eigenvalue weighted by atomic mass is 35.5. The molecule has 2 atom stereocenters. The van der Waals surface area contributed by atoms with Gasteiger partial charge in [-0.25, -0.2) is 14.7 Å². The van der Waals surface area contributed by atoms with Gasteiger partial charge >= 0.3 is 6.03 Å². The van der Waals surface area contributed by atoms with E-state index in [4.69, 9.17) is 23.2 Å². The lowest BCUT2D eigenvalue weighted by molar-refractivity contribution is -0.124. The average molecular weight is 506 g/mol. The molecule has 3 heterocycles. The first-order valence-electron chi connectivity index (χ1n) is 11.1. The van der Waals surface area contributed by atoms with E-state index in [1.165, 1.54) is 17.0 Å². The summed E-state index contributed by atoms with van der Waals surface area (Å²) in [4.78, 5) is 36.5. The van der Waals surface area contributed by atoms with Crippen molar-refractivity contribution in [3.63, 3.8) is 0 Å². The molecule has 0 radical (unpaired) electrons. The normalized spacial score (nSPS) is 22.3. The van der Waals surface area contributed by atoms with Crippen LogP contribution in [0.5, 0.6) is 0 Å². The fourth-order valence-electron chi connectivity index (χ4n) is 5.17. The second-order valence-corrected chi connectivity index (χ2v) is 9.59. The van der Waals surface area contributed by atoms with Crippen molar-refractivity contribution in [3.8, 4) is 6.07 Å². The van der Waals surface area contributed by atoms with E-state index in [-0.39, 0.29) is 27.8 Å². The lowest BCUT2D eigenvalue weighted by atomic mass is 9.80. The predicted molar refractivity (Wildman–Crippen MR) is 133 cm³/mol. The van der Waals surface area contributed by atoms with E-state index in [1.54, 1.807) is 19.2 Å². The van der Waals surface area contributed by atoms with Gasteiger partial charge in [0.1, 0.15) is 15.8 Å². The SMILES string of the molecule is CN1C(=O)N(c2cc(Cl)nc(Cl)c2)C(=O)[C@]12CN(Cc1ccccc1)C[C@H]2c1ccc(C#N)cc1. The van der Waals surface area contributed by atoms with Crippen LogP contribution in [0.25, 0.3) is 0 Å². The number of nitriles is 1. The van der Waals surface area contributed by atoms with Gasteiger partial charge in [0, 0.05) is 32.6 Å². The molecule has 0 aliphatic carbocycles. The summed E-state index contributed by atoms with van der Waals surface area (Å²) in [5.74, 6) is -0.647. The van der Waals surface area contributed by atoms with Gasteiger partial charge in [-0.2, -0.15) is 5.26 Å². The van der Waals surface area contributed by atoms with Crippen molar-refractivity contribution in [1.82, 2.24) is 14.8 Å². The zero-order valence-corrected chi connectivity index (χ0v) is 20.4. The Morgan fingerprint density at radius 2 is 1.71 bits per heavy atom. The van der Waals surface area contributed by atoms with Crippen molar-refractivity contribution in [1.29, 1.82) is 5.26 Å². The second kappa shape index (κ2) is 8.97. The van der Waals surface area contributed by atoms with E-state index < -0.39 is 11.6 Å². The molecule has 2 aliphatic rings. The minimum atomic E-state index is -1.14. The molecule has 176 valence electrons. The van der Waals surface area contributed by atoms with Gasteiger partial charge in [0.05, 0.1) is 17.3 Å². The molecule has 2 fully saturated rings. The van der Waals surface area contributed by atoms with E-state index >= 15 is 0 Å². The molecular weight excluding hydrogens is 485 g/mol. The summed E-state index contributed by atoms with van der Waals surface area (Å²) in [5.41, 5.74) is 1.69. The Morgan fingerprint density at radius 3 is 2.34 bits per heavy atom. The lowest BCUT2D eigenvalue weighted by Crippen LogP contribution is -2.53. The number of hydrogen-bond donors (Lipinski definition) is 0. The summed E-state index contributed by atoms with van der Waals surface area (Å²) in [5, 5.41) is 9.42. The number of likely N-dealkylation sites (N-methyl/N-ethyl adjacent to an activating group) is 1. The zero-order chi connectivity index (χ0) is 24.7. The molecular formula is C26H21Cl2N5O2. The first-order valence-corrected chi connectivity index (χ1v) is 11.8. The minimum absolute atomic E-state index is 0.0949. The number of pyridine rings is 1. The van der Waals surface area contributed by atoms with Crippen LogP contribution in [0.15, 0.2) is 66.7 Å². The van der Waals surface area contributed by atoms with Crippen LogP contribution < -0.4 is 4.90 Å². The number of nitrogens with zero attached hydrogens (tertiary/aromatic N) is 5. The molecule has 3 aromatic rings. The maximum Gasteiger partial charge on any atom is 0.332 e. The molecule has 2 saturated heterocycles. The van der Waals surface area contributed by atoms with Crippen molar-refractivity contribution in [2.24, 2.45) is 0 Å². The smallest absolute Gasteiger partial charge is 0.310 e. The molecule has 35 heavy (non-hydrogen) atoms. The first kappa shape index (κ1) is 23.3. The molecule has 2 aromatic carbocycles. The van der Waals surface area contributed by atoms with Crippen molar-refractivity contribution < 1.29 is 9.59 Å². The van der Waals surface area contributed by atoms with E-state index in [0.717, 1.165) is 16.0 Å². The van der Waals surface area contributed by atoms with Crippen LogP contribution in [0, 0.1) is 11.3 Å². The number of anilines is 1. The van der Waals surface area contributed by atoms with E-state index in [1.807, 2.05) is 42.5 Å². The van der Waals surface area contributed by atoms with Gasteiger partial charge in [0.15, 0.2) is 0 Å². The highest BCUT2D eigenvalue weighted by molar-refractivity contribution is 6.33. The predicted octanol–water partition coefficient (Wildman–Crippen LogP) is 4.70. The fourth-order valence-corrected chi connectivity index (χ4v) is 5.62. The van der Waals surface area contributed by atoms with Crippen LogP contribution in [-0.4, -0.2) is 52.4 Å². The van der Waals surface area contributed by atoms with Crippen LogP contribution >= 0.6 is 23.2 Å². The molecule has 0 saturated carbocycles. The number of carbonyl (C=O) groups is 2. The fraction of sp³-hybridized carbons (Fsp3) is 0.231. The van der Waals surface area contributed by atoms with Crippen LogP contribution in [0.2, 0.25) is 10.3 Å². The maximum absolute atomic E-state index is 14.2. The Kier molecular flexibility index (Phi) is 5.97. The highest BCUT2D eigenvalue weighted by Gasteiger charge is 2.64. The molecule has 1 aromatic heterocycles. The summed E-state index contributed by atoms with van der Waals surface area (Å²) in [7, 11) is 1.66. The second-order valence-electron chi connectivity index (χ2n) is 8.82. The van der Waals surface area contributed by atoms with Crippen LogP contribution in [0.4, 0.5) is 10.5 Å². The Hall–Kier alpha value is -3.44. The van der Waals surface area contributed by atoms with E-state index in [9.17, 15) is 14.9 Å². The third kappa shape index (κ3) is 3.94. The van der Waals surface area contributed by atoms with Crippen LogP contribution in [0.1, 0.15) is 22.6 Å². The van der Waals surface area contributed by atoms with Crippen LogP contribution in [-0.2, 0) is 11.3 Å². The quantitative estimate of drug-likeness (QED) is 0.379. The number of urea groups is 1. The third-order valence-electron chi connectivity index (χ3n) is 6.83. The molecule has 7 nitrogen and oxygen atoms in total. The van der Waals surface area contributed by atoms with Gasteiger partial charge < -0.3 is 4.90 Å². The Labute approximate surface area is 213 Å². The third-order valence-corrected chi connectivity index (χ3v) is 7.22. The van der Waals surface area contributed by atoms with Gasteiger partial charge in [-0.1, -0.05) is 65.7 Å². The summed E-state index contributed by atoms with van der Waals surface area (Å²) in [6.45, 7) is 1.56. The van der Waals surface area contributed by atoms with Crippen molar-refractivity contribution in [2.75, 3.05) is 25.0 Å². The highest BCUT2D eigenvalue weighted by Crippen LogP contribution is 2.46. The largest absolute Gasteiger partial charge is 0.332 e. The van der Waals surface area contributed by atoms with Gasteiger partial charge in [0.2, 0.25) is 0 Å². The number of benzene rings is 2. The molecule has 0 unspecified atom stereocenters. The van der Waals surface area contributed by atoms with Crippen molar-refractivity contribution >= 4 is 40.8 Å². The Balaban J connectivity index is 1.58. The summed E-state index contributed by atoms with van der Waals surface area (Å²) >= 11 is 12.2. The average Bonchev–Trinajstić information content (AvgIpc) is 3.31. The zero-order valence-electron chi connectivity index (χ0n) is 18.9. The molecule has 1 spiro atoms. The van der Waals surface area contributed by atoms with E-state index in [0.29, 0.717) is 25.2 Å². The molecule has 2 aliphatic heterocycles. The number of halogens is 2. The number of carbonyl (C=O) groups excluding carboxylic acids is 2. The van der Waals surface area contributed by atoms with Gasteiger partial charge in [-0.3, -0.25) is 9.69 Å².